The lowest BCUT2D eigenvalue weighted by Crippen LogP contribution is -2.17. The van der Waals surface area contributed by atoms with Crippen LogP contribution in [0.5, 0.6) is 11.5 Å². The third kappa shape index (κ3) is 4.24. The van der Waals surface area contributed by atoms with Crippen molar-refractivity contribution in [2.75, 3.05) is 14.2 Å². The largest absolute Gasteiger partial charge is 0.493 e. The van der Waals surface area contributed by atoms with Gasteiger partial charge in [0.25, 0.3) is 5.91 Å². The Hall–Kier alpha value is -2.05. The van der Waals surface area contributed by atoms with Crippen LogP contribution in [0.15, 0.2) is 46.0 Å². The molecule has 5 nitrogen and oxygen atoms in total. The average molecular weight is 398 g/mol. The third-order valence-electron chi connectivity index (χ3n) is 2.95. The molecule has 0 aliphatic heterocycles. The lowest BCUT2D eigenvalue weighted by molar-refractivity contribution is 0.0955. The molecule has 0 fully saturated rings. The number of carbonyl (C=O) groups excluding carboxylic acids is 1. The van der Waals surface area contributed by atoms with E-state index in [1.54, 1.807) is 50.6 Å². The molecule has 1 amide bonds. The second-order valence-electron chi connectivity index (χ2n) is 4.42. The highest BCUT2D eigenvalue weighted by molar-refractivity contribution is 9.10. The first-order valence-electron chi connectivity index (χ1n) is 6.56. The Morgan fingerprint density at radius 2 is 2.00 bits per heavy atom. The van der Waals surface area contributed by atoms with E-state index < -0.39 is 0 Å². The molecule has 0 unspecified atom stereocenters. The Balaban J connectivity index is 2.13. The molecule has 0 heterocycles. The Morgan fingerprint density at radius 3 is 2.65 bits per heavy atom. The second-order valence-corrected chi connectivity index (χ2v) is 5.68. The number of halogens is 2. The Morgan fingerprint density at radius 1 is 1.26 bits per heavy atom. The number of hydrogen-bond donors (Lipinski definition) is 1. The summed E-state index contributed by atoms with van der Waals surface area (Å²) in [6.45, 7) is 0. The van der Waals surface area contributed by atoms with E-state index in [2.05, 4.69) is 26.5 Å². The molecular weight excluding hydrogens is 384 g/mol. The standard InChI is InChI=1S/C16H14BrClN2O3/c1-22-14-8-10(7-12(17)15(14)23-2)9-19-20-16(21)11-5-3-4-6-13(11)18/h3-9H,1-2H3,(H,20,21)/b19-9-. The van der Waals surface area contributed by atoms with Crippen LogP contribution in [0.4, 0.5) is 0 Å². The maximum absolute atomic E-state index is 12.0. The van der Waals surface area contributed by atoms with Crippen LogP contribution in [0, 0.1) is 0 Å². The predicted octanol–water partition coefficient (Wildman–Crippen LogP) is 3.88. The van der Waals surface area contributed by atoms with E-state index in [1.807, 2.05) is 0 Å². The minimum Gasteiger partial charge on any atom is -0.493 e. The highest BCUT2D eigenvalue weighted by Gasteiger charge is 2.10. The molecule has 120 valence electrons. The molecule has 0 aliphatic rings. The Bertz CT molecular complexity index is 750. The fourth-order valence-electron chi connectivity index (χ4n) is 1.88. The topological polar surface area (TPSA) is 59.9 Å². The van der Waals surface area contributed by atoms with Crippen molar-refractivity contribution >= 4 is 39.7 Å². The van der Waals surface area contributed by atoms with Crippen LogP contribution < -0.4 is 14.9 Å². The molecule has 0 bridgehead atoms. The fourth-order valence-corrected chi connectivity index (χ4v) is 2.73. The smallest absolute Gasteiger partial charge is 0.272 e. The van der Waals surface area contributed by atoms with Gasteiger partial charge in [0.1, 0.15) is 0 Å². The molecule has 0 saturated carbocycles. The normalized spacial score (nSPS) is 10.6. The first kappa shape index (κ1) is 17.3. The summed E-state index contributed by atoms with van der Waals surface area (Å²) in [5, 5.41) is 4.30. The van der Waals surface area contributed by atoms with Crippen molar-refractivity contribution in [2.45, 2.75) is 0 Å². The molecule has 0 aliphatic carbocycles. The first-order valence-corrected chi connectivity index (χ1v) is 7.73. The fraction of sp³-hybridized carbons (Fsp3) is 0.125. The predicted molar refractivity (Wildman–Crippen MR) is 93.8 cm³/mol. The van der Waals surface area contributed by atoms with Crippen LogP contribution in [-0.4, -0.2) is 26.3 Å². The summed E-state index contributed by atoms with van der Waals surface area (Å²) in [6, 6.07) is 10.3. The molecule has 0 atom stereocenters. The summed E-state index contributed by atoms with van der Waals surface area (Å²) in [6.07, 6.45) is 1.50. The molecule has 0 saturated heterocycles. The van der Waals surface area contributed by atoms with Gasteiger partial charge in [0.05, 0.1) is 35.5 Å². The highest BCUT2D eigenvalue weighted by Crippen LogP contribution is 2.35. The summed E-state index contributed by atoms with van der Waals surface area (Å²) >= 11 is 9.35. The van der Waals surface area contributed by atoms with E-state index in [-0.39, 0.29) is 5.91 Å². The van der Waals surface area contributed by atoms with Crippen LogP contribution >= 0.6 is 27.5 Å². The average Bonchev–Trinajstić information content (AvgIpc) is 2.54. The van der Waals surface area contributed by atoms with E-state index >= 15 is 0 Å². The van der Waals surface area contributed by atoms with Crippen LogP contribution in [0.1, 0.15) is 15.9 Å². The number of ether oxygens (including phenoxy) is 2. The van der Waals surface area contributed by atoms with Crippen molar-refractivity contribution in [1.29, 1.82) is 0 Å². The van der Waals surface area contributed by atoms with E-state index in [9.17, 15) is 4.79 Å². The number of carbonyl (C=O) groups is 1. The van der Waals surface area contributed by atoms with Crippen LogP contribution in [0.2, 0.25) is 5.02 Å². The summed E-state index contributed by atoms with van der Waals surface area (Å²) in [7, 11) is 3.10. The number of rotatable bonds is 5. The van der Waals surface area contributed by atoms with E-state index in [1.165, 1.54) is 6.21 Å². The SMILES string of the molecule is COc1cc(/C=N\NC(=O)c2ccccc2Cl)cc(Br)c1OC. The van der Waals surface area contributed by atoms with Gasteiger partial charge in [0, 0.05) is 0 Å². The van der Waals surface area contributed by atoms with E-state index in [0.717, 1.165) is 10.0 Å². The van der Waals surface area contributed by atoms with Crippen molar-refractivity contribution in [2.24, 2.45) is 5.10 Å². The minimum absolute atomic E-state index is 0.361. The van der Waals surface area contributed by atoms with Gasteiger partial charge in [0.2, 0.25) is 0 Å². The van der Waals surface area contributed by atoms with Gasteiger partial charge in [-0.25, -0.2) is 5.43 Å². The molecule has 2 rings (SSSR count). The molecule has 7 heteroatoms. The quantitative estimate of drug-likeness (QED) is 0.615. The minimum atomic E-state index is -0.383. The van der Waals surface area contributed by atoms with Gasteiger partial charge >= 0.3 is 0 Å². The van der Waals surface area contributed by atoms with Crippen molar-refractivity contribution in [3.8, 4) is 11.5 Å². The van der Waals surface area contributed by atoms with Crippen molar-refractivity contribution in [3.63, 3.8) is 0 Å². The maximum atomic E-state index is 12.0. The first-order chi connectivity index (χ1) is 11.1. The van der Waals surface area contributed by atoms with Gasteiger partial charge in [-0.1, -0.05) is 23.7 Å². The highest BCUT2D eigenvalue weighted by atomic mass is 79.9. The molecule has 0 aromatic heterocycles. The van der Waals surface area contributed by atoms with Crippen LogP contribution in [0.25, 0.3) is 0 Å². The van der Waals surface area contributed by atoms with Gasteiger partial charge in [0.15, 0.2) is 11.5 Å². The van der Waals surface area contributed by atoms with Gasteiger partial charge in [-0.2, -0.15) is 5.10 Å². The van der Waals surface area contributed by atoms with E-state index in [0.29, 0.717) is 22.1 Å². The zero-order chi connectivity index (χ0) is 16.8. The molecule has 2 aromatic rings. The van der Waals surface area contributed by atoms with Gasteiger partial charge < -0.3 is 9.47 Å². The molecule has 23 heavy (non-hydrogen) atoms. The number of nitrogens with one attached hydrogen (secondary N) is 1. The number of methoxy groups -OCH3 is 2. The molecule has 0 spiro atoms. The van der Waals surface area contributed by atoms with Crippen molar-refractivity contribution in [1.82, 2.24) is 5.43 Å². The van der Waals surface area contributed by atoms with Crippen LogP contribution in [0.3, 0.4) is 0 Å². The lowest BCUT2D eigenvalue weighted by atomic mass is 10.2. The number of nitrogens with zero attached hydrogens (tertiary/aromatic N) is 1. The summed E-state index contributed by atoms with van der Waals surface area (Å²) in [5.74, 6) is 0.761. The van der Waals surface area contributed by atoms with Crippen molar-refractivity contribution < 1.29 is 14.3 Å². The third-order valence-corrected chi connectivity index (χ3v) is 3.87. The number of benzene rings is 2. The zero-order valence-electron chi connectivity index (χ0n) is 12.5. The molecule has 2 aromatic carbocycles. The van der Waals surface area contributed by atoms with Crippen LogP contribution in [-0.2, 0) is 0 Å². The van der Waals surface area contributed by atoms with Gasteiger partial charge in [-0.15, -0.1) is 0 Å². The Labute approximate surface area is 147 Å². The maximum Gasteiger partial charge on any atom is 0.272 e. The number of hydrogen-bond acceptors (Lipinski definition) is 4. The molecule has 1 N–H and O–H groups in total. The van der Waals surface area contributed by atoms with Gasteiger partial charge in [-0.05, 0) is 45.8 Å². The summed E-state index contributed by atoms with van der Waals surface area (Å²) in [4.78, 5) is 12.0. The molecule has 0 radical (unpaired) electrons. The Kier molecular flexibility index (Phi) is 6.01. The van der Waals surface area contributed by atoms with E-state index in [4.69, 9.17) is 21.1 Å². The zero-order valence-corrected chi connectivity index (χ0v) is 14.8. The summed E-state index contributed by atoms with van der Waals surface area (Å²) < 4.78 is 11.2. The number of amides is 1. The monoisotopic (exact) mass is 396 g/mol. The summed E-state index contributed by atoms with van der Waals surface area (Å²) in [5.41, 5.74) is 3.52. The lowest BCUT2D eigenvalue weighted by Gasteiger charge is -2.10. The number of hydrazone groups is 1. The second kappa shape index (κ2) is 7.99. The molecular formula is C16H14BrClN2O3. The van der Waals surface area contributed by atoms with Gasteiger partial charge in [-0.3, -0.25) is 4.79 Å². The van der Waals surface area contributed by atoms with Crippen molar-refractivity contribution in [3.05, 3.63) is 57.0 Å².